The highest BCUT2D eigenvalue weighted by Crippen LogP contribution is 2.32. The highest BCUT2D eigenvalue weighted by Gasteiger charge is 2.29. The molecule has 17 heavy (non-hydrogen) atoms. The Hall–Kier alpha value is -1.10. The molecule has 0 bridgehead atoms. The number of fused-ring (bicyclic) bond motifs is 1. The number of nitrogens with zero attached hydrogens (tertiary/aromatic N) is 1. The average Bonchev–Trinajstić information content (AvgIpc) is 2.37. The van der Waals surface area contributed by atoms with Gasteiger partial charge in [0.15, 0.2) is 0 Å². The smallest absolute Gasteiger partial charge is 0.119 e. The van der Waals surface area contributed by atoms with E-state index in [4.69, 9.17) is 10.5 Å². The number of ether oxygens (including phenoxy) is 1. The Morgan fingerprint density at radius 2 is 2.35 bits per heavy atom. The number of nitrogens with two attached hydrogens (primary N) is 1. The van der Waals surface area contributed by atoms with Crippen LogP contribution in [0.4, 0.5) is 0 Å². The van der Waals surface area contributed by atoms with Crippen molar-refractivity contribution in [2.75, 3.05) is 27.3 Å². The van der Waals surface area contributed by atoms with Gasteiger partial charge in [-0.2, -0.15) is 0 Å². The molecule has 1 aliphatic rings. The van der Waals surface area contributed by atoms with Crippen LogP contribution in [0.25, 0.3) is 0 Å². The molecule has 0 spiro atoms. The molecule has 0 fully saturated rings. The first-order chi connectivity index (χ1) is 8.17. The largest absolute Gasteiger partial charge is 0.497 e. The zero-order chi connectivity index (χ0) is 12.4. The molecule has 2 unspecified atom stereocenters. The van der Waals surface area contributed by atoms with E-state index in [0.717, 1.165) is 18.7 Å². The lowest BCUT2D eigenvalue weighted by Crippen LogP contribution is -2.44. The summed E-state index contributed by atoms with van der Waals surface area (Å²) in [6.07, 6.45) is 0.998. The van der Waals surface area contributed by atoms with Crippen LogP contribution in [0, 0.1) is 0 Å². The van der Waals surface area contributed by atoms with Gasteiger partial charge >= 0.3 is 0 Å². The van der Waals surface area contributed by atoms with Crippen molar-refractivity contribution in [3.8, 4) is 5.75 Å². The van der Waals surface area contributed by atoms with Crippen molar-refractivity contribution < 1.29 is 9.84 Å². The van der Waals surface area contributed by atoms with Gasteiger partial charge < -0.3 is 15.6 Å². The second-order valence-corrected chi connectivity index (χ2v) is 4.59. The Labute approximate surface area is 102 Å². The average molecular weight is 236 g/mol. The van der Waals surface area contributed by atoms with Gasteiger partial charge in [0.1, 0.15) is 5.75 Å². The number of hydrogen-bond acceptors (Lipinski definition) is 4. The van der Waals surface area contributed by atoms with E-state index in [-0.39, 0.29) is 18.7 Å². The minimum Gasteiger partial charge on any atom is -0.497 e. The molecule has 1 heterocycles. The van der Waals surface area contributed by atoms with Crippen LogP contribution in [-0.4, -0.2) is 43.4 Å². The summed E-state index contributed by atoms with van der Waals surface area (Å²) in [4.78, 5) is 2.20. The van der Waals surface area contributed by atoms with Crippen molar-refractivity contribution >= 4 is 0 Å². The molecular formula is C13H20N2O2. The molecule has 0 aliphatic carbocycles. The van der Waals surface area contributed by atoms with Gasteiger partial charge in [-0.1, -0.05) is 6.07 Å². The number of methoxy groups -OCH3 is 1. The topological polar surface area (TPSA) is 58.7 Å². The summed E-state index contributed by atoms with van der Waals surface area (Å²) < 4.78 is 5.23. The molecule has 2 atom stereocenters. The van der Waals surface area contributed by atoms with Crippen molar-refractivity contribution in [3.05, 3.63) is 29.3 Å². The molecule has 1 aromatic carbocycles. The molecule has 0 saturated heterocycles. The lowest BCUT2D eigenvalue weighted by atomic mass is 9.89. The fourth-order valence-corrected chi connectivity index (χ4v) is 2.54. The number of aliphatic hydroxyl groups excluding tert-OH is 1. The summed E-state index contributed by atoms with van der Waals surface area (Å²) in [5.41, 5.74) is 8.48. The van der Waals surface area contributed by atoms with Crippen LogP contribution in [-0.2, 0) is 6.42 Å². The first-order valence-corrected chi connectivity index (χ1v) is 5.91. The van der Waals surface area contributed by atoms with E-state index in [1.807, 2.05) is 13.1 Å². The van der Waals surface area contributed by atoms with Crippen LogP contribution in [0.2, 0.25) is 0 Å². The molecule has 94 valence electrons. The van der Waals surface area contributed by atoms with Crippen molar-refractivity contribution in [3.63, 3.8) is 0 Å². The van der Waals surface area contributed by atoms with E-state index in [0.29, 0.717) is 0 Å². The van der Waals surface area contributed by atoms with Crippen LogP contribution in [0.3, 0.4) is 0 Å². The van der Waals surface area contributed by atoms with Gasteiger partial charge in [-0.05, 0) is 36.7 Å². The molecule has 4 nitrogen and oxygen atoms in total. The van der Waals surface area contributed by atoms with E-state index < -0.39 is 0 Å². The van der Waals surface area contributed by atoms with Crippen LogP contribution in [0.15, 0.2) is 18.2 Å². The normalized spacial score (nSPS) is 22.0. The highest BCUT2D eigenvalue weighted by molar-refractivity contribution is 5.39. The molecular weight excluding hydrogens is 216 g/mol. The molecule has 2 rings (SSSR count). The summed E-state index contributed by atoms with van der Waals surface area (Å²) in [6.45, 7) is 0.957. The fraction of sp³-hybridized carbons (Fsp3) is 0.538. The third-order valence-corrected chi connectivity index (χ3v) is 3.49. The van der Waals surface area contributed by atoms with Crippen LogP contribution in [0.5, 0.6) is 5.75 Å². The quantitative estimate of drug-likeness (QED) is 0.804. The minimum atomic E-state index is -0.243. The number of rotatable bonds is 3. The molecule has 0 aromatic heterocycles. The van der Waals surface area contributed by atoms with Gasteiger partial charge in [0.05, 0.1) is 19.8 Å². The summed E-state index contributed by atoms with van der Waals surface area (Å²) in [6, 6.07) is 5.93. The lowest BCUT2D eigenvalue weighted by molar-refractivity contribution is 0.151. The van der Waals surface area contributed by atoms with E-state index >= 15 is 0 Å². The van der Waals surface area contributed by atoms with Crippen molar-refractivity contribution in [2.45, 2.75) is 18.5 Å². The molecule has 0 radical (unpaired) electrons. The Morgan fingerprint density at radius 3 is 3.00 bits per heavy atom. The third kappa shape index (κ3) is 2.29. The maximum Gasteiger partial charge on any atom is 0.119 e. The van der Waals surface area contributed by atoms with Gasteiger partial charge in [0.25, 0.3) is 0 Å². The molecule has 1 aromatic rings. The molecule has 0 saturated carbocycles. The Kier molecular flexibility index (Phi) is 3.66. The maximum absolute atomic E-state index is 9.25. The van der Waals surface area contributed by atoms with Gasteiger partial charge in [-0.3, -0.25) is 4.90 Å². The number of likely N-dealkylation sites (N-methyl/N-ethyl adjacent to an activating group) is 1. The second-order valence-electron chi connectivity index (χ2n) is 4.59. The molecule has 3 N–H and O–H groups in total. The number of benzene rings is 1. The van der Waals surface area contributed by atoms with Gasteiger partial charge in [-0.15, -0.1) is 0 Å². The minimum absolute atomic E-state index is 0.000472. The lowest BCUT2D eigenvalue weighted by Gasteiger charge is -2.37. The predicted molar refractivity (Wildman–Crippen MR) is 67.1 cm³/mol. The first kappa shape index (κ1) is 12.4. The first-order valence-electron chi connectivity index (χ1n) is 5.91. The SMILES string of the molecule is COc1ccc2c(c1)CCN(C)C2C(N)CO. The standard InChI is InChI=1S/C13H20N2O2/c1-15-6-5-9-7-10(17-2)3-4-11(9)13(15)12(14)8-16/h3-4,7,12-13,16H,5-6,8,14H2,1-2H3. The predicted octanol–water partition coefficient (Wildman–Crippen LogP) is 0.544. The fourth-order valence-electron chi connectivity index (χ4n) is 2.54. The third-order valence-electron chi connectivity index (χ3n) is 3.49. The number of hydrogen-bond donors (Lipinski definition) is 2. The van der Waals surface area contributed by atoms with Crippen LogP contribution in [0.1, 0.15) is 17.2 Å². The zero-order valence-electron chi connectivity index (χ0n) is 10.4. The maximum atomic E-state index is 9.25. The molecule has 4 heteroatoms. The summed E-state index contributed by atoms with van der Waals surface area (Å²) in [5, 5.41) is 9.25. The van der Waals surface area contributed by atoms with Gasteiger partial charge in [0.2, 0.25) is 0 Å². The Morgan fingerprint density at radius 1 is 1.59 bits per heavy atom. The van der Waals surface area contributed by atoms with E-state index in [1.54, 1.807) is 7.11 Å². The Bertz CT molecular complexity index is 395. The van der Waals surface area contributed by atoms with Crippen molar-refractivity contribution in [1.29, 1.82) is 0 Å². The summed E-state index contributed by atoms with van der Waals surface area (Å²) in [7, 11) is 3.72. The highest BCUT2D eigenvalue weighted by atomic mass is 16.5. The van der Waals surface area contributed by atoms with Crippen LogP contribution < -0.4 is 10.5 Å². The van der Waals surface area contributed by atoms with E-state index in [1.165, 1.54) is 11.1 Å². The van der Waals surface area contributed by atoms with E-state index in [9.17, 15) is 5.11 Å². The molecule has 1 aliphatic heterocycles. The number of aliphatic hydroxyl groups is 1. The zero-order valence-corrected chi connectivity index (χ0v) is 10.4. The summed E-state index contributed by atoms with van der Waals surface area (Å²) >= 11 is 0. The molecule has 0 amide bonds. The van der Waals surface area contributed by atoms with E-state index in [2.05, 4.69) is 17.0 Å². The second kappa shape index (κ2) is 5.04. The van der Waals surface area contributed by atoms with Gasteiger partial charge in [0, 0.05) is 12.6 Å². The monoisotopic (exact) mass is 236 g/mol. The van der Waals surface area contributed by atoms with Crippen molar-refractivity contribution in [2.24, 2.45) is 5.73 Å². The summed E-state index contributed by atoms with van der Waals surface area (Å²) in [5.74, 6) is 0.879. The van der Waals surface area contributed by atoms with Crippen LogP contribution >= 0.6 is 0 Å². The van der Waals surface area contributed by atoms with Gasteiger partial charge in [-0.25, -0.2) is 0 Å². The van der Waals surface area contributed by atoms with Crippen molar-refractivity contribution in [1.82, 2.24) is 4.90 Å². The Balaban J connectivity index is 2.38.